The van der Waals surface area contributed by atoms with Crippen LogP contribution in [0.1, 0.15) is 31.2 Å². The molecule has 118 valence electrons. The molecule has 3 rings (SSSR count). The van der Waals surface area contributed by atoms with Crippen LogP contribution in [0.5, 0.6) is 0 Å². The van der Waals surface area contributed by atoms with Gasteiger partial charge in [-0.25, -0.2) is 4.79 Å². The summed E-state index contributed by atoms with van der Waals surface area (Å²) in [6.07, 6.45) is 4.21. The average Bonchev–Trinajstić information content (AvgIpc) is 2.86. The Hall–Kier alpha value is -2.08. The zero-order chi connectivity index (χ0) is 15.5. The molecule has 0 aliphatic carbocycles. The molecule has 0 radical (unpaired) electrons. The van der Waals surface area contributed by atoms with Gasteiger partial charge in [-0.15, -0.1) is 0 Å². The zero-order valence-electron chi connectivity index (χ0n) is 12.6. The monoisotopic (exact) mass is 302 g/mol. The average molecular weight is 302 g/mol. The van der Waals surface area contributed by atoms with Crippen LogP contribution in [0, 0.1) is 0 Å². The molecule has 1 aliphatic rings. The zero-order valence-corrected chi connectivity index (χ0v) is 12.6. The van der Waals surface area contributed by atoms with E-state index in [1.54, 1.807) is 0 Å². The number of fused-ring (bicyclic) bond motifs is 1. The van der Waals surface area contributed by atoms with Crippen molar-refractivity contribution in [2.45, 2.75) is 38.1 Å². The molecule has 1 saturated heterocycles. The van der Waals surface area contributed by atoms with Gasteiger partial charge < -0.3 is 20.6 Å². The predicted molar refractivity (Wildman–Crippen MR) is 85.6 cm³/mol. The van der Waals surface area contributed by atoms with E-state index in [1.165, 1.54) is 0 Å². The van der Waals surface area contributed by atoms with Crippen LogP contribution < -0.4 is 11.4 Å². The van der Waals surface area contributed by atoms with Crippen molar-refractivity contribution in [2.24, 2.45) is 5.73 Å². The minimum absolute atomic E-state index is 0.130. The van der Waals surface area contributed by atoms with E-state index >= 15 is 0 Å². The van der Waals surface area contributed by atoms with Crippen LogP contribution in [0.4, 0.5) is 0 Å². The van der Waals surface area contributed by atoms with Crippen LogP contribution in [0.2, 0.25) is 0 Å². The van der Waals surface area contributed by atoms with Gasteiger partial charge >= 0.3 is 5.69 Å². The van der Waals surface area contributed by atoms with Gasteiger partial charge in [0.25, 0.3) is 0 Å². The van der Waals surface area contributed by atoms with Crippen molar-refractivity contribution < 1.29 is 4.79 Å². The third-order valence-corrected chi connectivity index (χ3v) is 4.25. The summed E-state index contributed by atoms with van der Waals surface area (Å²) in [5.74, 6) is 0.200. The van der Waals surface area contributed by atoms with Crippen molar-refractivity contribution in [3.05, 3.63) is 34.2 Å². The number of aromatic nitrogens is 2. The highest BCUT2D eigenvalue weighted by atomic mass is 16.2. The van der Waals surface area contributed by atoms with Gasteiger partial charge in [-0.05, 0) is 43.4 Å². The van der Waals surface area contributed by atoms with E-state index in [0.29, 0.717) is 13.0 Å². The van der Waals surface area contributed by atoms with Crippen LogP contribution in [0.15, 0.2) is 23.0 Å². The van der Waals surface area contributed by atoms with Crippen LogP contribution in [0.25, 0.3) is 11.0 Å². The number of rotatable bonds is 4. The van der Waals surface area contributed by atoms with E-state index in [1.807, 2.05) is 23.1 Å². The molecule has 1 aromatic carbocycles. The summed E-state index contributed by atoms with van der Waals surface area (Å²) in [7, 11) is 0. The SMILES string of the molecule is N[C@H]1CCCN(C(=O)CCCc2ccc3[nH]c(=O)[nH]c3c2)C1. The number of carbonyl (C=O) groups excluding carboxylic acids is 1. The number of nitrogens with one attached hydrogen (secondary N) is 2. The standard InChI is InChI=1S/C16H22N4O2/c17-12-4-2-8-20(10-12)15(21)5-1-3-11-6-7-13-14(9-11)19-16(22)18-13/h6-7,9,12H,1-5,8,10,17H2,(H2,18,19,22)/t12-/m0/s1. The van der Waals surface area contributed by atoms with E-state index in [4.69, 9.17) is 5.73 Å². The Kier molecular flexibility index (Phi) is 4.29. The molecule has 1 fully saturated rings. The fraction of sp³-hybridized carbons (Fsp3) is 0.500. The molecule has 1 amide bonds. The molecule has 2 heterocycles. The molecular formula is C16H22N4O2. The summed E-state index contributed by atoms with van der Waals surface area (Å²) in [5.41, 5.74) is 8.48. The lowest BCUT2D eigenvalue weighted by molar-refractivity contribution is -0.132. The second kappa shape index (κ2) is 6.36. The second-order valence-electron chi connectivity index (χ2n) is 6.05. The molecule has 22 heavy (non-hydrogen) atoms. The molecule has 0 bridgehead atoms. The quantitative estimate of drug-likeness (QED) is 0.790. The molecular weight excluding hydrogens is 280 g/mol. The van der Waals surface area contributed by atoms with Crippen LogP contribution in [-0.2, 0) is 11.2 Å². The number of nitrogens with zero attached hydrogens (tertiary/aromatic N) is 1. The first-order valence-corrected chi connectivity index (χ1v) is 7.86. The van der Waals surface area contributed by atoms with Crippen molar-refractivity contribution in [2.75, 3.05) is 13.1 Å². The van der Waals surface area contributed by atoms with Crippen LogP contribution in [-0.4, -0.2) is 39.9 Å². The Morgan fingerprint density at radius 2 is 2.14 bits per heavy atom. The van der Waals surface area contributed by atoms with Gasteiger partial charge in [-0.3, -0.25) is 4.79 Å². The number of amides is 1. The maximum absolute atomic E-state index is 12.2. The molecule has 1 aliphatic heterocycles. The first kappa shape index (κ1) is 14.8. The maximum Gasteiger partial charge on any atom is 0.323 e. The summed E-state index contributed by atoms with van der Waals surface area (Å²) in [6.45, 7) is 1.53. The number of hydrogen-bond donors (Lipinski definition) is 3. The van der Waals surface area contributed by atoms with Gasteiger partial charge in [0.05, 0.1) is 11.0 Å². The van der Waals surface area contributed by atoms with Gasteiger partial charge in [-0.1, -0.05) is 6.07 Å². The minimum atomic E-state index is -0.191. The highest BCUT2D eigenvalue weighted by Gasteiger charge is 2.20. The highest BCUT2D eigenvalue weighted by Crippen LogP contribution is 2.14. The Balaban J connectivity index is 1.53. The van der Waals surface area contributed by atoms with Crippen molar-refractivity contribution in [3.8, 4) is 0 Å². The van der Waals surface area contributed by atoms with Crippen LogP contribution in [0.3, 0.4) is 0 Å². The number of likely N-dealkylation sites (tertiary alicyclic amines) is 1. The molecule has 1 aromatic heterocycles. The highest BCUT2D eigenvalue weighted by molar-refractivity contribution is 5.76. The Morgan fingerprint density at radius 3 is 2.95 bits per heavy atom. The second-order valence-corrected chi connectivity index (χ2v) is 6.05. The van der Waals surface area contributed by atoms with Crippen molar-refractivity contribution in [3.63, 3.8) is 0 Å². The predicted octanol–water partition coefficient (Wildman–Crippen LogP) is 1.13. The number of H-pyrrole nitrogens is 2. The van der Waals surface area contributed by atoms with Crippen molar-refractivity contribution in [1.82, 2.24) is 14.9 Å². The number of aromatic amines is 2. The van der Waals surface area contributed by atoms with E-state index < -0.39 is 0 Å². The van der Waals surface area contributed by atoms with E-state index in [0.717, 1.165) is 48.8 Å². The van der Waals surface area contributed by atoms with Gasteiger partial charge in [-0.2, -0.15) is 0 Å². The summed E-state index contributed by atoms with van der Waals surface area (Å²) >= 11 is 0. The molecule has 2 aromatic rings. The molecule has 6 nitrogen and oxygen atoms in total. The molecule has 0 spiro atoms. The number of imidazole rings is 1. The van der Waals surface area contributed by atoms with E-state index in [2.05, 4.69) is 9.97 Å². The molecule has 0 saturated carbocycles. The normalized spacial score (nSPS) is 18.8. The number of carbonyl (C=O) groups is 1. The van der Waals surface area contributed by atoms with Crippen molar-refractivity contribution >= 4 is 16.9 Å². The third-order valence-electron chi connectivity index (χ3n) is 4.25. The summed E-state index contributed by atoms with van der Waals surface area (Å²) in [4.78, 5) is 30.8. The summed E-state index contributed by atoms with van der Waals surface area (Å²) in [6, 6.07) is 5.99. The maximum atomic E-state index is 12.2. The van der Waals surface area contributed by atoms with Gasteiger partial charge in [0, 0.05) is 25.6 Å². The lowest BCUT2D eigenvalue weighted by Crippen LogP contribution is -2.45. The summed E-state index contributed by atoms with van der Waals surface area (Å²) in [5, 5.41) is 0. The number of nitrogens with two attached hydrogens (primary N) is 1. The number of piperidine rings is 1. The Morgan fingerprint density at radius 1 is 1.32 bits per heavy atom. The van der Waals surface area contributed by atoms with Gasteiger partial charge in [0.2, 0.25) is 5.91 Å². The number of aryl methyl sites for hydroxylation is 1. The number of hydrogen-bond acceptors (Lipinski definition) is 3. The minimum Gasteiger partial charge on any atom is -0.341 e. The third kappa shape index (κ3) is 3.39. The largest absolute Gasteiger partial charge is 0.341 e. The molecule has 1 atom stereocenters. The van der Waals surface area contributed by atoms with E-state index in [-0.39, 0.29) is 17.6 Å². The fourth-order valence-corrected chi connectivity index (χ4v) is 3.07. The van der Waals surface area contributed by atoms with Crippen molar-refractivity contribution in [1.29, 1.82) is 0 Å². The summed E-state index contributed by atoms with van der Waals surface area (Å²) < 4.78 is 0. The van der Waals surface area contributed by atoms with E-state index in [9.17, 15) is 9.59 Å². The van der Waals surface area contributed by atoms with Gasteiger partial charge in [0.15, 0.2) is 0 Å². The topological polar surface area (TPSA) is 95.0 Å². The Bertz CT molecular complexity index is 718. The lowest BCUT2D eigenvalue weighted by Gasteiger charge is -2.30. The molecule has 6 heteroatoms. The lowest BCUT2D eigenvalue weighted by atomic mass is 10.0. The molecule has 0 unspecified atom stereocenters. The number of benzene rings is 1. The smallest absolute Gasteiger partial charge is 0.323 e. The first-order chi connectivity index (χ1) is 10.6. The first-order valence-electron chi connectivity index (χ1n) is 7.86. The molecule has 4 N–H and O–H groups in total. The van der Waals surface area contributed by atoms with Gasteiger partial charge in [0.1, 0.15) is 0 Å². The Labute approximate surface area is 128 Å². The van der Waals surface area contributed by atoms with Crippen LogP contribution >= 0.6 is 0 Å². The fourth-order valence-electron chi connectivity index (χ4n) is 3.07.